The smallest absolute Gasteiger partial charge is 0.167 e. The van der Waals surface area contributed by atoms with Gasteiger partial charge in [-0.05, 0) is 29.8 Å². The first-order valence-corrected chi connectivity index (χ1v) is 8.84. The molecule has 0 radical (unpaired) electrons. The second-order valence-electron chi connectivity index (χ2n) is 5.81. The molecule has 0 aliphatic rings. The Kier molecular flexibility index (Phi) is 6.17. The molecule has 0 aliphatic carbocycles. The number of rotatable bonds is 7. The Morgan fingerprint density at radius 1 is 1.00 bits per heavy atom. The highest BCUT2D eigenvalue weighted by atomic mass is 32.1. The molecular formula is C20H22N4S. The number of nitrogens with zero attached hydrogens (tertiary/aromatic N) is 2. The van der Waals surface area contributed by atoms with Crippen LogP contribution in [0.25, 0.3) is 0 Å². The summed E-state index contributed by atoms with van der Waals surface area (Å²) in [7, 11) is 0. The molecule has 128 valence electrons. The standard InChI is InChI=1S/C20H22N4S/c25-20(22-12-7-14-24-15-13-21-16-24)23-19(17-8-3-1-4-9-17)18-10-5-2-6-11-18/h1-6,8-11,13,15-16,19H,7,12,14H2,(H2,22,23,25). The van der Waals surface area contributed by atoms with E-state index in [0.29, 0.717) is 5.11 Å². The number of benzene rings is 2. The monoisotopic (exact) mass is 350 g/mol. The van der Waals surface area contributed by atoms with E-state index in [2.05, 4.69) is 68.7 Å². The van der Waals surface area contributed by atoms with E-state index in [9.17, 15) is 0 Å². The van der Waals surface area contributed by atoms with E-state index in [4.69, 9.17) is 12.2 Å². The highest BCUT2D eigenvalue weighted by Gasteiger charge is 2.14. The largest absolute Gasteiger partial charge is 0.363 e. The van der Waals surface area contributed by atoms with Gasteiger partial charge in [0.1, 0.15) is 0 Å². The minimum absolute atomic E-state index is 0.0380. The van der Waals surface area contributed by atoms with E-state index in [0.717, 1.165) is 19.5 Å². The van der Waals surface area contributed by atoms with Crippen molar-refractivity contribution in [1.29, 1.82) is 0 Å². The number of hydrogen-bond acceptors (Lipinski definition) is 2. The molecule has 4 nitrogen and oxygen atoms in total. The predicted molar refractivity (Wildman–Crippen MR) is 105 cm³/mol. The maximum absolute atomic E-state index is 5.50. The SMILES string of the molecule is S=C(NCCCn1ccnc1)NC(c1ccccc1)c1ccccc1. The Labute approximate surface area is 153 Å². The third-order valence-electron chi connectivity index (χ3n) is 3.98. The normalized spacial score (nSPS) is 10.6. The van der Waals surface area contributed by atoms with Gasteiger partial charge in [-0.15, -0.1) is 0 Å². The summed E-state index contributed by atoms with van der Waals surface area (Å²) >= 11 is 5.50. The Morgan fingerprint density at radius 3 is 2.20 bits per heavy atom. The van der Waals surface area contributed by atoms with Crippen LogP contribution in [0.5, 0.6) is 0 Å². The lowest BCUT2D eigenvalue weighted by molar-refractivity contribution is 0.623. The Balaban J connectivity index is 1.57. The molecule has 25 heavy (non-hydrogen) atoms. The summed E-state index contributed by atoms with van der Waals surface area (Å²) in [6, 6.07) is 20.8. The topological polar surface area (TPSA) is 41.9 Å². The van der Waals surface area contributed by atoms with Crippen molar-refractivity contribution in [1.82, 2.24) is 20.2 Å². The molecule has 0 aliphatic heterocycles. The quantitative estimate of drug-likeness (QED) is 0.505. The molecule has 1 heterocycles. The number of aryl methyl sites for hydroxylation is 1. The first-order chi connectivity index (χ1) is 12.3. The summed E-state index contributed by atoms with van der Waals surface area (Å²) in [5, 5.41) is 7.42. The zero-order valence-electron chi connectivity index (χ0n) is 14.0. The number of nitrogens with one attached hydrogen (secondary N) is 2. The number of imidazole rings is 1. The number of hydrogen-bond donors (Lipinski definition) is 2. The van der Waals surface area contributed by atoms with E-state index in [1.807, 2.05) is 24.7 Å². The van der Waals surface area contributed by atoms with Crippen molar-refractivity contribution in [3.63, 3.8) is 0 Å². The fourth-order valence-corrected chi connectivity index (χ4v) is 2.93. The summed E-state index contributed by atoms with van der Waals surface area (Å²) in [5.74, 6) is 0. The highest BCUT2D eigenvalue weighted by Crippen LogP contribution is 2.21. The number of aromatic nitrogens is 2. The molecule has 0 amide bonds. The number of thiocarbonyl (C=S) groups is 1. The molecule has 2 aromatic carbocycles. The van der Waals surface area contributed by atoms with Crippen LogP contribution >= 0.6 is 12.2 Å². The summed E-state index contributed by atoms with van der Waals surface area (Å²) in [4.78, 5) is 4.05. The van der Waals surface area contributed by atoms with Gasteiger partial charge in [0, 0.05) is 25.5 Å². The molecule has 2 N–H and O–H groups in total. The van der Waals surface area contributed by atoms with Crippen LogP contribution in [0.2, 0.25) is 0 Å². The predicted octanol–water partition coefficient (Wildman–Crippen LogP) is 3.53. The molecule has 3 aromatic rings. The van der Waals surface area contributed by atoms with Gasteiger partial charge in [0.05, 0.1) is 12.4 Å². The third-order valence-corrected chi connectivity index (χ3v) is 4.24. The molecule has 0 spiro atoms. The second kappa shape index (κ2) is 8.99. The molecule has 0 bridgehead atoms. The van der Waals surface area contributed by atoms with Crippen molar-refractivity contribution in [2.75, 3.05) is 6.54 Å². The fraction of sp³-hybridized carbons (Fsp3) is 0.200. The van der Waals surface area contributed by atoms with Crippen molar-refractivity contribution < 1.29 is 0 Å². The maximum Gasteiger partial charge on any atom is 0.167 e. The lowest BCUT2D eigenvalue weighted by atomic mass is 9.99. The van der Waals surface area contributed by atoms with E-state index in [-0.39, 0.29) is 6.04 Å². The molecule has 5 heteroatoms. The van der Waals surface area contributed by atoms with Crippen LogP contribution in [-0.2, 0) is 6.54 Å². The summed E-state index contributed by atoms with van der Waals surface area (Å²) in [6.07, 6.45) is 6.58. The van der Waals surface area contributed by atoms with Crippen LogP contribution in [0.15, 0.2) is 79.4 Å². The van der Waals surface area contributed by atoms with Crippen molar-refractivity contribution in [3.8, 4) is 0 Å². The summed E-state index contributed by atoms with van der Waals surface area (Å²) < 4.78 is 2.06. The average Bonchev–Trinajstić information content (AvgIpc) is 3.18. The van der Waals surface area contributed by atoms with Gasteiger partial charge < -0.3 is 15.2 Å². The van der Waals surface area contributed by atoms with Crippen LogP contribution in [0.1, 0.15) is 23.6 Å². The fourth-order valence-electron chi connectivity index (χ4n) is 2.71. The second-order valence-corrected chi connectivity index (χ2v) is 6.22. The van der Waals surface area contributed by atoms with E-state index < -0.39 is 0 Å². The van der Waals surface area contributed by atoms with Crippen LogP contribution in [0.3, 0.4) is 0 Å². The van der Waals surface area contributed by atoms with Gasteiger partial charge in [0.2, 0.25) is 0 Å². The van der Waals surface area contributed by atoms with Gasteiger partial charge in [-0.2, -0.15) is 0 Å². The lowest BCUT2D eigenvalue weighted by Gasteiger charge is -2.22. The van der Waals surface area contributed by atoms with E-state index >= 15 is 0 Å². The summed E-state index contributed by atoms with van der Waals surface area (Å²) in [5.41, 5.74) is 2.38. The first-order valence-electron chi connectivity index (χ1n) is 8.43. The van der Waals surface area contributed by atoms with Gasteiger partial charge in [0.15, 0.2) is 5.11 Å². The van der Waals surface area contributed by atoms with Crippen molar-refractivity contribution >= 4 is 17.3 Å². The van der Waals surface area contributed by atoms with Gasteiger partial charge in [0.25, 0.3) is 0 Å². The third kappa shape index (κ3) is 5.16. The maximum atomic E-state index is 5.50. The van der Waals surface area contributed by atoms with Gasteiger partial charge >= 0.3 is 0 Å². The molecule has 0 fully saturated rings. The van der Waals surface area contributed by atoms with Crippen molar-refractivity contribution in [2.45, 2.75) is 19.0 Å². The minimum atomic E-state index is 0.0380. The Morgan fingerprint density at radius 2 is 1.64 bits per heavy atom. The van der Waals surface area contributed by atoms with Crippen LogP contribution in [-0.4, -0.2) is 21.2 Å². The van der Waals surface area contributed by atoms with Gasteiger partial charge in [-0.3, -0.25) is 0 Å². The highest BCUT2D eigenvalue weighted by molar-refractivity contribution is 7.80. The van der Waals surface area contributed by atoms with Crippen LogP contribution < -0.4 is 10.6 Å². The average molecular weight is 350 g/mol. The Bertz CT molecular complexity index is 717. The molecule has 1 aromatic heterocycles. The summed E-state index contributed by atoms with van der Waals surface area (Å²) in [6.45, 7) is 1.75. The molecule has 0 saturated heterocycles. The molecule has 0 saturated carbocycles. The lowest BCUT2D eigenvalue weighted by Crippen LogP contribution is -2.38. The molecule has 3 rings (SSSR count). The van der Waals surface area contributed by atoms with Crippen LogP contribution in [0.4, 0.5) is 0 Å². The van der Waals surface area contributed by atoms with Gasteiger partial charge in [-0.1, -0.05) is 60.7 Å². The van der Waals surface area contributed by atoms with Gasteiger partial charge in [-0.25, -0.2) is 4.98 Å². The van der Waals surface area contributed by atoms with Crippen molar-refractivity contribution in [3.05, 3.63) is 90.5 Å². The van der Waals surface area contributed by atoms with Crippen LogP contribution in [0, 0.1) is 0 Å². The molecule has 0 unspecified atom stereocenters. The Hall–Kier alpha value is -2.66. The molecular weight excluding hydrogens is 328 g/mol. The van der Waals surface area contributed by atoms with E-state index in [1.54, 1.807) is 6.20 Å². The van der Waals surface area contributed by atoms with E-state index in [1.165, 1.54) is 11.1 Å². The van der Waals surface area contributed by atoms with Crippen molar-refractivity contribution in [2.24, 2.45) is 0 Å². The zero-order chi connectivity index (χ0) is 17.3. The molecule has 0 atom stereocenters. The minimum Gasteiger partial charge on any atom is -0.363 e. The first kappa shape index (κ1) is 17.2. The zero-order valence-corrected chi connectivity index (χ0v) is 14.8.